The van der Waals surface area contributed by atoms with Gasteiger partial charge in [-0.1, -0.05) is 6.07 Å². The summed E-state index contributed by atoms with van der Waals surface area (Å²) in [7, 11) is -3.77. The molecule has 1 heterocycles. The fourth-order valence-corrected chi connectivity index (χ4v) is 4.46. The van der Waals surface area contributed by atoms with Crippen LogP contribution < -0.4 is 4.72 Å². The number of aliphatic hydroxyl groups is 1. The number of benzene rings is 1. The van der Waals surface area contributed by atoms with Gasteiger partial charge in [-0.05, 0) is 43.7 Å². The van der Waals surface area contributed by atoms with E-state index in [2.05, 4.69) is 4.72 Å². The summed E-state index contributed by atoms with van der Waals surface area (Å²) in [5.41, 5.74) is 0.0939. The van der Waals surface area contributed by atoms with Gasteiger partial charge in [0.15, 0.2) is 11.6 Å². The van der Waals surface area contributed by atoms with Gasteiger partial charge in [0.05, 0.1) is 6.10 Å². The SMILES string of the molecule is Cc1ccc(S(=O)(=O)NC(C)C(O)c2ccc(F)c(F)c2)s1. The van der Waals surface area contributed by atoms with Crippen molar-refractivity contribution >= 4 is 21.4 Å². The van der Waals surface area contributed by atoms with E-state index in [4.69, 9.17) is 0 Å². The molecule has 1 aromatic carbocycles. The van der Waals surface area contributed by atoms with Crippen LogP contribution in [0.3, 0.4) is 0 Å². The van der Waals surface area contributed by atoms with Crippen LogP contribution in [0.5, 0.6) is 0 Å². The van der Waals surface area contributed by atoms with E-state index in [1.165, 1.54) is 19.1 Å². The second-order valence-corrected chi connectivity index (χ2v) is 8.12. The fraction of sp³-hybridized carbons (Fsp3) is 0.286. The summed E-state index contributed by atoms with van der Waals surface area (Å²) in [6.07, 6.45) is -1.30. The van der Waals surface area contributed by atoms with Gasteiger partial charge in [-0.15, -0.1) is 11.3 Å². The molecule has 0 saturated carbocycles. The van der Waals surface area contributed by atoms with Crippen molar-refractivity contribution < 1.29 is 22.3 Å². The molecule has 0 spiro atoms. The highest BCUT2D eigenvalue weighted by Crippen LogP contribution is 2.24. The Kier molecular flexibility index (Phi) is 4.96. The smallest absolute Gasteiger partial charge is 0.250 e. The first-order valence-electron chi connectivity index (χ1n) is 6.42. The first-order chi connectivity index (χ1) is 10.2. The summed E-state index contributed by atoms with van der Waals surface area (Å²) in [5, 5.41) is 10.1. The lowest BCUT2D eigenvalue weighted by Crippen LogP contribution is -2.36. The maximum atomic E-state index is 13.2. The van der Waals surface area contributed by atoms with Crippen molar-refractivity contribution in [2.45, 2.75) is 30.2 Å². The maximum absolute atomic E-state index is 13.2. The highest BCUT2D eigenvalue weighted by Gasteiger charge is 2.25. The van der Waals surface area contributed by atoms with Crippen LogP contribution in [-0.4, -0.2) is 19.6 Å². The molecule has 1 aromatic heterocycles. The second kappa shape index (κ2) is 6.41. The minimum atomic E-state index is -3.77. The lowest BCUT2D eigenvalue weighted by atomic mass is 10.0. The van der Waals surface area contributed by atoms with E-state index in [9.17, 15) is 22.3 Å². The largest absolute Gasteiger partial charge is 0.387 e. The van der Waals surface area contributed by atoms with Crippen molar-refractivity contribution in [3.63, 3.8) is 0 Å². The Morgan fingerprint density at radius 3 is 2.41 bits per heavy atom. The first kappa shape index (κ1) is 17.0. The van der Waals surface area contributed by atoms with Crippen molar-refractivity contribution in [2.24, 2.45) is 0 Å². The molecule has 0 amide bonds. The van der Waals surface area contributed by atoms with Crippen LogP contribution in [0.1, 0.15) is 23.5 Å². The summed E-state index contributed by atoms with van der Waals surface area (Å²) in [6, 6.07) is 5.19. The van der Waals surface area contributed by atoms with Crippen molar-refractivity contribution in [1.82, 2.24) is 4.72 Å². The van der Waals surface area contributed by atoms with Crippen LogP contribution in [0.25, 0.3) is 0 Å². The molecule has 2 atom stereocenters. The van der Waals surface area contributed by atoms with Crippen molar-refractivity contribution in [2.75, 3.05) is 0 Å². The summed E-state index contributed by atoms with van der Waals surface area (Å²) in [5.74, 6) is -2.13. The van der Waals surface area contributed by atoms with Crippen molar-refractivity contribution in [3.8, 4) is 0 Å². The molecular weight excluding hydrogens is 332 g/mol. The van der Waals surface area contributed by atoms with Crippen LogP contribution >= 0.6 is 11.3 Å². The highest BCUT2D eigenvalue weighted by atomic mass is 32.2. The molecule has 0 aliphatic heterocycles. The molecule has 2 aromatic rings. The number of sulfonamides is 1. The van der Waals surface area contributed by atoms with Crippen LogP contribution in [-0.2, 0) is 10.0 Å². The Morgan fingerprint density at radius 2 is 1.86 bits per heavy atom. The maximum Gasteiger partial charge on any atom is 0.250 e. The zero-order chi connectivity index (χ0) is 16.5. The zero-order valence-corrected chi connectivity index (χ0v) is 13.5. The van der Waals surface area contributed by atoms with Crippen LogP contribution in [0, 0.1) is 18.6 Å². The van der Waals surface area contributed by atoms with E-state index in [0.717, 1.165) is 28.3 Å². The molecular formula is C14H15F2NO3S2. The quantitative estimate of drug-likeness (QED) is 0.874. The number of thiophene rings is 1. The van der Waals surface area contributed by atoms with Gasteiger partial charge in [0.2, 0.25) is 10.0 Å². The topological polar surface area (TPSA) is 66.4 Å². The molecule has 2 unspecified atom stereocenters. The van der Waals surface area contributed by atoms with E-state index >= 15 is 0 Å². The Labute approximate surface area is 131 Å². The molecule has 0 fully saturated rings. The van der Waals surface area contributed by atoms with Crippen LogP contribution in [0.2, 0.25) is 0 Å². The molecule has 120 valence electrons. The van der Waals surface area contributed by atoms with Gasteiger partial charge in [0.1, 0.15) is 4.21 Å². The molecule has 0 aliphatic carbocycles. The third-order valence-corrected chi connectivity index (χ3v) is 6.13. The van der Waals surface area contributed by atoms with Crippen molar-refractivity contribution in [1.29, 1.82) is 0 Å². The van der Waals surface area contributed by atoms with Gasteiger partial charge in [-0.2, -0.15) is 0 Å². The molecule has 8 heteroatoms. The first-order valence-corrected chi connectivity index (χ1v) is 8.72. The summed E-state index contributed by atoms with van der Waals surface area (Å²) in [4.78, 5) is 0.842. The van der Waals surface area contributed by atoms with Crippen LogP contribution in [0.15, 0.2) is 34.5 Å². The fourth-order valence-electron chi connectivity index (χ4n) is 1.91. The number of aliphatic hydroxyl groups excluding tert-OH is 1. The molecule has 2 N–H and O–H groups in total. The predicted molar refractivity (Wildman–Crippen MR) is 80.2 cm³/mol. The van der Waals surface area contributed by atoms with Gasteiger partial charge in [-0.25, -0.2) is 21.9 Å². The molecule has 0 saturated heterocycles. The number of hydrogen-bond acceptors (Lipinski definition) is 4. The summed E-state index contributed by atoms with van der Waals surface area (Å²) < 4.78 is 52.9. The van der Waals surface area contributed by atoms with Gasteiger partial charge < -0.3 is 5.11 Å². The van der Waals surface area contributed by atoms with Crippen molar-refractivity contribution in [3.05, 3.63) is 52.4 Å². The second-order valence-electron chi connectivity index (χ2n) is 4.89. The lowest BCUT2D eigenvalue weighted by Gasteiger charge is -2.20. The molecule has 0 radical (unpaired) electrons. The monoisotopic (exact) mass is 347 g/mol. The minimum Gasteiger partial charge on any atom is -0.387 e. The molecule has 4 nitrogen and oxygen atoms in total. The number of nitrogens with one attached hydrogen (secondary N) is 1. The van der Waals surface area contributed by atoms with Gasteiger partial charge >= 0.3 is 0 Å². The summed E-state index contributed by atoms with van der Waals surface area (Å²) in [6.45, 7) is 3.23. The zero-order valence-electron chi connectivity index (χ0n) is 11.9. The predicted octanol–water partition coefficient (Wildman–Crippen LogP) is 2.74. The number of halogens is 2. The highest BCUT2D eigenvalue weighted by molar-refractivity contribution is 7.91. The molecule has 0 aliphatic rings. The lowest BCUT2D eigenvalue weighted by molar-refractivity contribution is 0.146. The average Bonchev–Trinajstić information content (AvgIpc) is 2.88. The third-order valence-electron chi connectivity index (χ3n) is 3.08. The normalized spacial score (nSPS) is 14.8. The van der Waals surface area contributed by atoms with Gasteiger partial charge in [0.25, 0.3) is 0 Å². The van der Waals surface area contributed by atoms with E-state index in [1.807, 2.05) is 0 Å². The van der Waals surface area contributed by atoms with E-state index in [-0.39, 0.29) is 9.77 Å². The van der Waals surface area contributed by atoms with E-state index in [0.29, 0.717) is 0 Å². The summed E-state index contributed by atoms with van der Waals surface area (Å²) >= 11 is 1.11. The standard InChI is InChI=1S/C14H15F2NO3S2/c1-8-3-6-13(21-8)22(19,20)17-9(2)14(18)10-4-5-11(15)12(16)7-10/h3-7,9,14,17-18H,1-2H3. The molecule has 0 bridgehead atoms. The van der Waals surface area contributed by atoms with E-state index in [1.54, 1.807) is 13.0 Å². The van der Waals surface area contributed by atoms with Gasteiger partial charge in [0, 0.05) is 10.9 Å². The molecule has 22 heavy (non-hydrogen) atoms. The number of aryl methyl sites for hydroxylation is 1. The Bertz CT molecular complexity index is 774. The Morgan fingerprint density at radius 1 is 1.18 bits per heavy atom. The Balaban J connectivity index is 2.17. The minimum absolute atomic E-state index is 0.0939. The molecule has 2 rings (SSSR count). The van der Waals surface area contributed by atoms with Crippen LogP contribution in [0.4, 0.5) is 8.78 Å². The Hall–Kier alpha value is -1.35. The number of rotatable bonds is 5. The third kappa shape index (κ3) is 3.70. The van der Waals surface area contributed by atoms with Gasteiger partial charge in [-0.3, -0.25) is 0 Å². The number of hydrogen-bond donors (Lipinski definition) is 2. The average molecular weight is 347 g/mol. The van der Waals surface area contributed by atoms with E-state index < -0.39 is 33.8 Å².